The van der Waals surface area contributed by atoms with E-state index < -0.39 is 30.2 Å². The van der Waals surface area contributed by atoms with Crippen molar-refractivity contribution in [2.24, 2.45) is 5.92 Å². The van der Waals surface area contributed by atoms with Crippen LogP contribution in [0.1, 0.15) is 6.42 Å². The summed E-state index contributed by atoms with van der Waals surface area (Å²) in [5, 5.41) is 31.1. The summed E-state index contributed by atoms with van der Waals surface area (Å²) in [7, 11) is 0. The van der Waals surface area contributed by atoms with Crippen molar-refractivity contribution in [3.63, 3.8) is 0 Å². The molecule has 1 saturated heterocycles. The Kier molecular flexibility index (Phi) is 5.24. The van der Waals surface area contributed by atoms with Crippen molar-refractivity contribution >= 4 is 28.9 Å². The molecule has 150 valence electrons. The molecule has 1 aliphatic heterocycles. The normalized spacial score (nSPS) is 28.4. The van der Waals surface area contributed by atoms with Gasteiger partial charge < -0.3 is 25.7 Å². The third-order valence-electron chi connectivity index (χ3n) is 5.44. The van der Waals surface area contributed by atoms with Gasteiger partial charge in [-0.1, -0.05) is 5.92 Å². The van der Waals surface area contributed by atoms with E-state index >= 15 is 0 Å². The van der Waals surface area contributed by atoms with Crippen LogP contribution in [-0.4, -0.2) is 61.8 Å². The van der Waals surface area contributed by atoms with Gasteiger partial charge in [0.15, 0.2) is 5.11 Å². The summed E-state index contributed by atoms with van der Waals surface area (Å²) in [5.41, 5.74) is 1.67. The molecular weight excluding hydrogens is 390 g/mol. The molecule has 2 heterocycles. The highest BCUT2D eigenvalue weighted by Crippen LogP contribution is 2.36. The molecule has 0 radical (unpaired) electrons. The first kappa shape index (κ1) is 19.4. The number of hydrogen-bond acceptors (Lipinski definition) is 5. The molecule has 29 heavy (non-hydrogen) atoms. The highest BCUT2D eigenvalue weighted by atomic mass is 32.1. The summed E-state index contributed by atoms with van der Waals surface area (Å²) in [6.45, 7) is 0.0990. The quantitative estimate of drug-likeness (QED) is 0.408. The smallest absolute Gasteiger partial charge is 0.226 e. The van der Waals surface area contributed by atoms with Crippen LogP contribution in [0, 0.1) is 18.3 Å². The zero-order chi connectivity index (χ0) is 20.5. The molecule has 1 saturated carbocycles. The van der Waals surface area contributed by atoms with E-state index in [2.05, 4.69) is 21.7 Å². The van der Waals surface area contributed by atoms with Crippen LogP contribution in [0.5, 0.6) is 0 Å². The lowest BCUT2D eigenvalue weighted by atomic mass is 9.77. The number of carbonyl (C=O) groups is 1. The third kappa shape index (κ3) is 3.46. The van der Waals surface area contributed by atoms with Gasteiger partial charge in [-0.15, -0.1) is 6.42 Å². The Hall–Kier alpha value is -2.93. The lowest BCUT2D eigenvalue weighted by Gasteiger charge is -2.41. The maximum absolute atomic E-state index is 12.7. The summed E-state index contributed by atoms with van der Waals surface area (Å²) in [4.78, 5) is 14.6. The Morgan fingerprint density at radius 2 is 2.07 bits per heavy atom. The van der Waals surface area contributed by atoms with Gasteiger partial charge in [0.05, 0.1) is 36.3 Å². The summed E-state index contributed by atoms with van der Waals surface area (Å²) < 4.78 is 1.74. The van der Waals surface area contributed by atoms with E-state index in [1.54, 1.807) is 10.9 Å². The number of fused-ring (bicyclic) bond motifs is 1. The number of anilines is 1. The summed E-state index contributed by atoms with van der Waals surface area (Å²) >= 11 is 5.51. The predicted octanol–water partition coefficient (Wildman–Crippen LogP) is -0.205. The predicted molar refractivity (Wildman–Crippen MR) is 111 cm³/mol. The second-order valence-electron chi connectivity index (χ2n) is 7.12. The molecule has 2 fully saturated rings. The van der Waals surface area contributed by atoms with Crippen LogP contribution < -0.4 is 15.5 Å². The fourth-order valence-corrected chi connectivity index (χ4v) is 4.46. The fourth-order valence-electron chi connectivity index (χ4n) is 4.10. The van der Waals surface area contributed by atoms with Crippen molar-refractivity contribution in [2.75, 3.05) is 11.4 Å². The molecule has 5 atom stereocenters. The lowest BCUT2D eigenvalue weighted by molar-refractivity contribution is -0.130. The molecule has 5 unspecified atom stereocenters. The van der Waals surface area contributed by atoms with Crippen LogP contribution in [-0.2, 0) is 4.79 Å². The van der Waals surface area contributed by atoms with Gasteiger partial charge in [-0.2, -0.15) is 5.10 Å². The van der Waals surface area contributed by atoms with Gasteiger partial charge in [-0.05, 0) is 49.0 Å². The number of amides is 1. The molecule has 1 amide bonds. The lowest BCUT2D eigenvalue weighted by Crippen LogP contribution is -2.61. The van der Waals surface area contributed by atoms with Gasteiger partial charge in [0, 0.05) is 18.1 Å². The number of aliphatic hydroxyl groups is 2. The maximum atomic E-state index is 12.7. The third-order valence-corrected chi connectivity index (χ3v) is 5.76. The molecule has 4 rings (SSSR count). The molecule has 9 heteroatoms. The van der Waals surface area contributed by atoms with Crippen molar-refractivity contribution in [1.82, 2.24) is 20.4 Å². The number of aromatic nitrogens is 2. The maximum Gasteiger partial charge on any atom is 0.226 e. The van der Waals surface area contributed by atoms with E-state index in [4.69, 9.17) is 18.6 Å². The van der Waals surface area contributed by atoms with Crippen molar-refractivity contribution in [2.45, 2.75) is 30.7 Å². The van der Waals surface area contributed by atoms with E-state index in [9.17, 15) is 15.0 Å². The highest BCUT2D eigenvalue weighted by molar-refractivity contribution is 7.80. The fraction of sp³-hybridized carbons (Fsp3) is 0.350. The van der Waals surface area contributed by atoms with Crippen LogP contribution in [0.3, 0.4) is 0 Å². The second-order valence-corrected chi connectivity index (χ2v) is 7.51. The van der Waals surface area contributed by atoms with Gasteiger partial charge in [-0.3, -0.25) is 4.79 Å². The average Bonchev–Trinajstić information content (AvgIpc) is 3.37. The average molecular weight is 411 g/mol. The van der Waals surface area contributed by atoms with Crippen molar-refractivity contribution < 1.29 is 15.0 Å². The van der Waals surface area contributed by atoms with Crippen molar-refractivity contribution in [1.29, 1.82) is 0 Å². The first-order chi connectivity index (χ1) is 14.0. The van der Waals surface area contributed by atoms with Gasteiger partial charge in [-0.25, -0.2) is 4.68 Å². The topological polar surface area (TPSA) is 103 Å². The molecule has 1 aromatic carbocycles. The van der Waals surface area contributed by atoms with Gasteiger partial charge in [0.1, 0.15) is 6.10 Å². The molecular formula is C20H21N5O3S. The van der Waals surface area contributed by atoms with Gasteiger partial charge >= 0.3 is 0 Å². The number of nitrogens with one attached hydrogen (secondary N) is 2. The molecule has 2 aliphatic rings. The minimum absolute atomic E-state index is 0.0990. The molecule has 1 aromatic heterocycles. The Morgan fingerprint density at radius 1 is 1.34 bits per heavy atom. The molecule has 4 N–H and O–H groups in total. The number of hydrogen-bond donors (Lipinski definition) is 4. The van der Waals surface area contributed by atoms with Crippen LogP contribution in [0.15, 0.2) is 42.7 Å². The summed E-state index contributed by atoms with van der Waals surface area (Å²) in [6.07, 6.45) is 6.84. The van der Waals surface area contributed by atoms with E-state index in [-0.39, 0.29) is 18.9 Å². The van der Waals surface area contributed by atoms with Crippen molar-refractivity contribution in [3.05, 3.63) is 42.7 Å². The molecule has 2 aromatic rings. The standard InChI is InChI=1S/C20H21N5O3S/c1-2-8-21-19(28)14-11-15(26)18(27)16-17(14)25(20(29)23-16)13-6-4-12(5-7-13)24-10-3-9-22-24/h1,3-7,9-10,14-18,26-27H,8,11H2,(H,21,28)(H,23,29). The zero-order valence-corrected chi connectivity index (χ0v) is 16.3. The minimum Gasteiger partial charge on any atom is -0.390 e. The number of rotatable bonds is 4. The minimum atomic E-state index is -1.04. The number of benzene rings is 1. The van der Waals surface area contributed by atoms with Crippen LogP contribution in [0.2, 0.25) is 0 Å². The van der Waals surface area contributed by atoms with E-state index in [0.717, 1.165) is 11.4 Å². The summed E-state index contributed by atoms with van der Waals surface area (Å²) in [6, 6.07) is 8.40. The van der Waals surface area contributed by atoms with E-state index in [1.807, 2.05) is 41.4 Å². The van der Waals surface area contributed by atoms with Crippen LogP contribution in [0.4, 0.5) is 5.69 Å². The van der Waals surface area contributed by atoms with Gasteiger partial charge in [0.25, 0.3) is 0 Å². The van der Waals surface area contributed by atoms with E-state index in [0.29, 0.717) is 5.11 Å². The van der Waals surface area contributed by atoms with Crippen molar-refractivity contribution in [3.8, 4) is 18.0 Å². The number of carbonyl (C=O) groups excluding carboxylic acids is 1. The van der Waals surface area contributed by atoms with Gasteiger partial charge in [0.2, 0.25) is 5.91 Å². The first-order valence-corrected chi connectivity index (χ1v) is 9.69. The van der Waals surface area contributed by atoms with Crippen LogP contribution in [0.25, 0.3) is 5.69 Å². The Balaban J connectivity index is 1.66. The molecule has 8 nitrogen and oxygen atoms in total. The van der Waals surface area contributed by atoms with E-state index in [1.165, 1.54) is 0 Å². The SMILES string of the molecule is C#CCNC(=O)C1CC(O)C(O)C2NC(=S)N(c3ccc(-n4cccn4)cc3)C12. The summed E-state index contributed by atoms with van der Waals surface area (Å²) in [5.74, 6) is 1.52. The Morgan fingerprint density at radius 3 is 2.72 bits per heavy atom. The number of thiocarbonyl (C=S) groups is 1. The van der Waals surface area contributed by atoms with Crippen LogP contribution >= 0.6 is 12.2 Å². The first-order valence-electron chi connectivity index (χ1n) is 9.28. The number of terminal acetylenes is 1. The number of aliphatic hydroxyl groups excluding tert-OH is 2. The second kappa shape index (κ2) is 7.83. The highest BCUT2D eigenvalue weighted by Gasteiger charge is 2.53. The Labute approximate surface area is 173 Å². The zero-order valence-electron chi connectivity index (χ0n) is 15.5. The molecule has 0 bridgehead atoms. The Bertz CT molecular complexity index is 940. The largest absolute Gasteiger partial charge is 0.390 e. The molecule has 0 spiro atoms. The molecule has 1 aliphatic carbocycles. The number of nitrogens with zero attached hydrogens (tertiary/aromatic N) is 3. The monoisotopic (exact) mass is 411 g/mol.